The first-order chi connectivity index (χ1) is 6.11. The first kappa shape index (κ1) is 9.07. The molecule has 0 radical (unpaired) electrons. The molecule has 0 bridgehead atoms. The average Bonchev–Trinajstić information content (AvgIpc) is 2.07. The SMILES string of the molecule is NC(=O)C#Cc1cccc(O)c1F. The maximum Gasteiger partial charge on any atom is 0.293 e. The minimum Gasteiger partial charge on any atom is -0.505 e. The predicted octanol–water partition coefficient (Wildman–Crippen LogP) is 0.368. The summed E-state index contributed by atoms with van der Waals surface area (Å²) >= 11 is 0. The first-order valence-electron chi connectivity index (χ1n) is 3.40. The summed E-state index contributed by atoms with van der Waals surface area (Å²) in [7, 11) is 0. The molecule has 0 atom stereocenters. The number of nitrogens with two attached hydrogens (primary N) is 1. The summed E-state index contributed by atoms with van der Waals surface area (Å²) in [6.07, 6.45) is 0. The van der Waals surface area contributed by atoms with E-state index in [1.165, 1.54) is 18.2 Å². The molecule has 0 aliphatic carbocycles. The van der Waals surface area contributed by atoms with Crippen LogP contribution >= 0.6 is 0 Å². The highest BCUT2D eigenvalue weighted by Gasteiger charge is 2.03. The van der Waals surface area contributed by atoms with Crippen molar-refractivity contribution in [3.8, 4) is 17.6 Å². The van der Waals surface area contributed by atoms with Crippen LogP contribution in [0.2, 0.25) is 0 Å². The van der Waals surface area contributed by atoms with E-state index in [0.717, 1.165) is 0 Å². The predicted molar refractivity (Wildman–Crippen MR) is 44.1 cm³/mol. The Morgan fingerprint density at radius 3 is 2.85 bits per heavy atom. The van der Waals surface area contributed by atoms with Gasteiger partial charge in [0, 0.05) is 5.92 Å². The van der Waals surface area contributed by atoms with Gasteiger partial charge in [0.15, 0.2) is 11.6 Å². The van der Waals surface area contributed by atoms with Crippen LogP contribution in [0.1, 0.15) is 5.56 Å². The van der Waals surface area contributed by atoms with Crippen LogP contribution in [0.3, 0.4) is 0 Å². The number of carbonyl (C=O) groups excluding carboxylic acids is 1. The van der Waals surface area contributed by atoms with Crippen LogP contribution in [0.15, 0.2) is 18.2 Å². The van der Waals surface area contributed by atoms with E-state index in [1.807, 2.05) is 5.92 Å². The molecule has 0 unspecified atom stereocenters. The van der Waals surface area contributed by atoms with E-state index in [4.69, 9.17) is 10.8 Å². The summed E-state index contributed by atoms with van der Waals surface area (Å²) in [6, 6.07) is 3.94. The molecule has 13 heavy (non-hydrogen) atoms. The highest BCUT2D eigenvalue weighted by atomic mass is 19.1. The van der Waals surface area contributed by atoms with Gasteiger partial charge in [-0.25, -0.2) is 4.39 Å². The van der Waals surface area contributed by atoms with Crippen molar-refractivity contribution in [2.75, 3.05) is 0 Å². The van der Waals surface area contributed by atoms with Gasteiger partial charge in [0.05, 0.1) is 5.56 Å². The summed E-state index contributed by atoms with van der Waals surface area (Å²) in [5, 5.41) is 8.91. The molecule has 0 saturated heterocycles. The maximum absolute atomic E-state index is 12.9. The standard InChI is InChI=1S/C9H6FNO2/c10-9-6(4-5-8(11)13)2-1-3-7(9)12/h1-3,12H,(H2,11,13). The van der Waals surface area contributed by atoms with E-state index in [9.17, 15) is 9.18 Å². The van der Waals surface area contributed by atoms with E-state index < -0.39 is 17.5 Å². The van der Waals surface area contributed by atoms with Gasteiger partial charge < -0.3 is 10.8 Å². The van der Waals surface area contributed by atoms with Crippen molar-refractivity contribution in [3.63, 3.8) is 0 Å². The number of amides is 1. The molecule has 0 spiro atoms. The Bertz CT molecular complexity index is 404. The third-order valence-corrected chi connectivity index (χ3v) is 1.30. The van der Waals surface area contributed by atoms with Crippen molar-refractivity contribution in [3.05, 3.63) is 29.6 Å². The Labute approximate surface area is 74.0 Å². The van der Waals surface area contributed by atoms with Gasteiger partial charge in [0.1, 0.15) is 0 Å². The molecule has 0 heterocycles. The van der Waals surface area contributed by atoms with Crippen LogP contribution in [0.5, 0.6) is 5.75 Å². The Morgan fingerprint density at radius 2 is 2.23 bits per heavy atom. The fourth-order valence-corrected chi connectivity index (χ4v) is 0.745. The summed E-state index contributed by atoms with van der Waals surface area (Å²) < 4.78 is 12.9. The lowest BCUT2D eigenvalue weighted by Crippen LogP contribution is -2.06. The van der Waals surface area contributed by atoms with Crippen molar-refractivity contribution >= 4 is 5.91 Å². The zero-order chi connectivity index (χ0) is 9.84. The van der Waals surface area contributed by atoms with Gasteiger partial charge in [0.25, 0.3) is 5.91 Å². The van der Waals surface area contributed by atoms with E-state index >= 15 is 0 Å². The van der Waals surface area contributed by atoms with E-state index in [2.05, 4.69) is 5.92 Å². The minimum atomic E-state index is -0.851. The van der Waals surface area contributed by atoms with Gasteiger partial charge in [-0.2, -0.15) is 0 Å². The highest BCUT2D eigenvalue weighted by Crippen LogP contribution is 2.17. The Morgan fingerprint density at radius 1 is 1.54 bits per heavy atom. The molecule has 1 aromatic rings. The number of rotatable bonds is 0. The van der Waals surface area contributed by atoms with Crippen molar-refractivity contribution in [1.29, 1.82) is 0 Å². The molecular formula is C9H6FNO2. The number of carbonyl (C=O) groups is 1. The molecule has 0 aliphatic heterocycles. The molecule has 66 valence electrons. The second-order valence-corrected chi connectivity index (χ2v) is 2.25. The van der Waals surface area contributed by atoms with Crippen LogP contribution in [0.25, 0.3) is 0 Å². The Balaban J connectivity index is 3.11. The highest BCUT2D eigenvalue weighted by molar-refractivity contribution is 5.92. The van der Waals surface area contributed by atoms with Gasteiger partial charge in [0.2, 0.25) is 0 Å². The normalized spacial score (nSPS) is 8.69. The van der Waals surface area contributed by atoms with E-state index in [0.29, 0.717) is 0 Å². The monoisotopic (exact) mass is 179 g/mol. The molecule has 0 aliphatic rings. The summed E-state index contributed by atoms with van der Waals surface area (Å²) in [4.78, 5) is 10.2. The van der Waals surface area contributed by atoms with Crippen LogP contribution in [-0.4, -0.2) is 11.0 Å². The number of benzene rings is 1. The average molecular weight is 179 g/mol. The number of phenols is 1. The molecule has 3 N–H and O–H groups in total. The van der Waals surface area contributed by atoms with E-state index in [1.54, 1.807) is 0 Å². The number of hydrogen-bond acceptors (Lipinski definition) is 2. The Kier molecular flexibility index (Phi) is 2.50. The molecule has 1 amide bonds. The molecule has 1 rings (SSSR count). The van der Waals surface area contributed by atoms with Crippen LogP contribution in [-0.2, 0) is 4.79 Å². The lowest BCUT2D eigenvalue weighted by Gasteiger charge is -1.95. The molecule has 0 saturated carbocycles. The second kappa shape index (κ2) is 3.59. The van der Waals surface area contributed by atoms with Gasteiger partial charge in [-0.15, -0.1) is 0 Å². The number of halogens is 1. The van der Waals surface area contributed by atoms with Gasteiger partial charge in [-0.3, -0.25) is 4.79 Å². The third kappa shape index (κ3) is 2.20. The first-order valence-corrected chi connectivity index (χ1v) is 3.40. The zero-order valence-corrected chi connectivity index (χ0v) is 6.54. The smallest absolute Gasteiger partial charge is 0.293 e. The molecule has 0 aromatic heterocycles. The lowest BCUT2D eigenvalue weighted by atomic mass is 10.2. The molecule has 3 nitrogen and oxygen atoms in total. The van der Waals surface area contributed by atoms with Crippen molar-refractivity contribution < 1.29 is 14.3 Å². The van der Waals surface area contributed by atoms with Crippen LogP contribution < -0.4 is 5.73 Å². The van der Waals surface area contributed by atoms with E-state index in [-0.39, 0.29) is 5.56 Å². The number of hydrogen-bond donors (Lipinski definition) is 2. The van der Waals surface area contributed by atoms with Crippen LogP contribution in [0.4, 0.5) is 4.39 Å². The summed E-state index contributed by atoms with van der Waals surface area (Å²) in [6.45, 7) is 0. The van der Waals surface area contributed by atoms with Crippen LogP contribution in [0, 0.1) is 17.7 Å². The van der Waals surface area contributed by atoms with Gasteiger partial charge >= 0.3 is 0 Å². The molecule has 4 heteroatoms. The summed E-state index contributed by atoms with van der Waals surface area (Å²) in [5.74, 6) is 1.96. The van der Waals surface area contributed by atoms with Crippen molar-refractivity contribution in [2.45, 2.75) is 0 Å². The largest absolute Gasteiger partial charge is 0.505 e. The Hall–Kier alpha value is -2.02. The lowest BCUT2D eigenvalue weighted by molar-refractivity contribution is -0.112. The van der Waals surface area contributed by atoms with Crippen molar-refractivity contribution in [1.82, 2.24) is 0 Å². The minimum absolute atomic E-state index is 0.0567. The number of aromatic hydroxyl groups is 1. The molecular weight excluding hydrogens is 173 g/mol. The fraction of sp³-hybridized carbons (Fsp3) is 0. The third-order valence-electron chi connectivity index (χ3n) is 1.30. The maximum atomic E-state index is 12.9. The molecule has 1 aromatic carbocycles. The zero-order valence-electron chi connectivity index (χ0n) is 6.54. The van der Waals surface area contributed by atoms with Gasteiger partial charge in [-0.05, 0) is 12.1 Å². The van der Waals surface area contributed by atoms with Crippen molar-refractivity contribution in [2.24, 2.45) is 5.73 Å². The fourth-order valence-electron chi connectivity index (χ4n) is 0.745. The molecule has 0 fully saturated rings. The van der Waals surface area contributed by atoms with Gasteiger partial charge in [-0.1, -0.05) is 12.0 Å². The topological polar surface area (TPSA) is 63.3 Å². The number of primary amides is 1. The number of phenolic OH excluding ortho intramolecular Hbond substituents is 1. The second-order valence-electron chi connectivity index (χ2n) is 2.25. The summed E-state index contributed by atoms with van der Waals surface area (Å²) in [5.41, 5.74) is 4.67. The quantitative estimate of drug-likeness (QED) is 0.565.